The summed E-state index contributed by atoms with van der Waals surface area (Å²) in [5, 5.41) is 0. The molecule has 0 bridgehead atoms. The van der Waals surface area contributed by atoms with Gasteiger partial charge in [0.2, 0.25) is 0 Å². The van der Waals surface area contributed by atoms with Crippen LogP contribution in [0.2, 0.25) is 0 Å². The molecule has 0 atom stereocenters. The van der Waals surface area contributed by atoms with Gasteiger partial charge in [-0.25, -0.2) is 0 Å². The lowest BCUT2D eigenvalue weighted by Crippen LogP contribution is -2.25. The van der Waals surface area contributed by atoms with E-state index in [9.17, 15) is 0 Å². The van der Waals surface area contributed by atoms with Gasteiger partial charge in [-0.15, -0.1) is 0 Å². The van der Waals surface area contributed by atoms with E-state index >= 15 is 0 Å². The van der Waals surface area contributed by atoms with E-state index in [2.05, 4.69) is 35.8 Å². The second-order valence-corrected chi connectivity index (χ2v) is 5.40. The first-order chi connectivity index (χ1) is 9.08. The molecule has 0 N–H and O–H groups in total. The fraction of sp³-hybridized carbons (Fsp3) is 0.600. The quantitative estimate of drug-likeness (QED) is 0.663. The number of ether oxygens (including phenoxy) is 3. The van der Waals surface area contributed by atoms with Crippen molar-refractivity contribution in [2.24, 2.45) is 0 Å². The zero-order valence-corrected chi connectivity index (χ0v) is 13.7. The number of halogens is 1. The number of hydrogen-bond acceptors (Lipinski definition) is 3. The third-order valence-electron chi connectivity index (χ3n) is 2.67. The highest BCUT2D eigenvalue weighted by atomic mass is 79.9. The second kappa shape index (κ2) is 8.56. The van der Waals surface area contributed by atoms with E-state index in [4.69, 9.17) is 14.2 Å². The van der Waals surface area contributed by atoms with Gasteiger partial charge in [0.25, 0.3) is 0 Å². The van der Waals surface area contributed by atoms with Crippen molar-refractivity contribution < 1.29 is 14.2 Å². The van der Waals surface area contributed by atoms with Crippen LogP contribution < -0.4 is 4.74 Å². The van der Waals surface area contributed by atoms with E-state index in [0.717, 1.165) is 10.2 Å². The molecule has 3 nitrogen and oxygen atoms in total. The van der Waals surface area contributed by atoms with Gasteiger partial charge in [-0.1, -0.05) is 29.8 Å². The summed E-state index contributed by atoms with van der Waals surface area (Å²) in [6.07, 6.45) is -0.307. The summed E-state index contributed by atoms with van der Waals surface area (Å²) in [6, 6.07) is 6.06. The first kappa shape index (κ1) is 16.5. The molecule has 0 aliphatic carbocycles. The van der Waals surface area contributed by atoms with Gasteiger partial charge >= 0.3 is 0 Å². The molecular weight excluding hydrogens is 308 g/mol. The molecule has 0 radical (unpaired) electrons. The van der Waals surface area contributed by atoms with E-state index in [1.807, 2.05) is 26.0 Å². The topological polar surface area (TPSA) is 27.7 Å². The van der Waals surface area contributed by atoms with Crippen molar-refractivity contribution in [2.45, 2.75) is 39.9 Å². The lowest BCUT2D eigenvalue weighted by molar-refractivity contribution is -0.152. The molecule has 0 saturated carbocycles. The van der Waals surface area contributed by atoms with E-state index in [1.165, 1.54) is 5.56 Å². The molecule has 0 aromatic heterocycles. The smallest absolute Gasteiger partial charge is 0.191 e. The largest absolute Gasteiger partial charge is 0.488 e. The van der Waals surface area contributed by atoms with Crippen molar-refractivity contribution in [2.75, 3.05) is 19.8 Å². The zero-order chi connectivity index (χ0) is 14.3. The Hall–Kier alpha value is -0.580. The van der Waals surface area contributed by atoms with Gasteiger partial charge in [0.1, 0.15) is 12.4 Å². The van der Waals surface area contributed by atoms with Crippen LogP contribution >= 0.6 is 15.9 Å². The standard InChI is InChI=1S/C15H23BrO3/c1-5-17-15(18-6-2)10-19-14-8-7-12(16)9-13(14)11(3)4/h7-9,11,15H,5-6,10H2,1-4H3. The van der Waals surface area contributed by atoms with Crippen molar-refractivity contribution in [1.29, 1.82) is 0 Å². The second-order valence-electron chi connectivity index (χ2n) is 4.49. The molecule has 0 saturated heterocycles. The maximum Gasteiger partial charge on any atom is 0.191 e. The van der Waals surface area contributed by atoms with Crippen LogP contribution in [0.5, 0.6) is 5.75 Å². The van der Waals surface area contributed by atoms with E-state index in [1.54, 1.807) is 0 Å². The molecule has 0 unspecified atom stereocenters. The van der Waals surface area contributed by atoms with Crippen molar-refractivity contribution in [3.05, 3.63) is 28.2 Å². The summed E-state index contributed by atoms with van der Waals surface area (Å²) in [6.45, 7) is 9.84. The summed E-state index contributed by atoms with van der Waals surface area (Å²) in [7, 11) is 0. The minimum atomic E-state index is -0.307. The lowest BCUT2D eigenvalue weighted by Gasteiger charge is -2.20. The summed E-state index contributed by atoms with van der Waals surface area (Å²) in [5.41, 5.74) is 1.18. The van der Waals surface area contributed by atoms with Crippen LogP contribution in [0.15, 0.2) is 22.7 Å². The van der Waals surface area contributed by atoms with Gasteiger partial charge < -0.3 is 14.2 Å². The molecule has 1 rings (SSSR count). The van der Waals surface area contributed by atoms with E-state index in [-0.39, 0.29) is 6.29 Å². The molecule has 0 aliphatic rings. The predicted octanol–water partition coefficient (Wildman–Crippen LogP) is 4.35. The molecule has 108 valence electrons. The summed E-state index contributed by atoms with van der Waals surface area (Å²) in [4.78, 5) is 0. The van der Waals surface area contributed by atoms with Gasteiger partial charge in [0.05, 0.1) is 0 Å². The Bertz CT molecular complexity index is 374. The molecule has 0 spiro atoms. The van der Waals surface area contributed by atoms with Crippen LogP contribution in [0.3, 0.4) is 0 Å². The normalized spacial score (nSPS) is 11.3. The van der Waals surface area contributed by atoms with Gasteiger partial charge in [0, 0.05) is 17.7 Å². The fourth-order valence-corrected chi connectivity index (χ4v) is 2.15. The highest BCUT2D eigenvalue weighted by Crippen LogP contribution is 2.29. The maximum absolute atomic E-state index is 5.85. The average Bonchev–Trinajstić information content (AvgIpc) is 2.37. The Kier molecular flexibility index (Phi) is 7.42. The van der Waals surface area contributed by atoms with Gasteiger partial charge in [-0.05, 0) is 43.5 Å². The molecule has 0 fully saturated rings. The van der Waals surface area contributed by atoms with Crippen LogP contribution in [0, 0.1) is 0 Å². The maximum atomic E-state index is 5.85. The molecule has 0 aliphatic heterocycles. The summed E-state index contributed by atoms with van der Waals surface area (Å²) in [5.74, 6) is 1.30. The number of rotatable bonds is 8. The van der Waals surface area contributed by atoms with E-state index < -0.39 is 0 Å². The van der Waals surface area contributed by atoms with Crippen LogP contribution in [-0.4, -0.2) is 26.1 Å². The van der Waals surface area contributed by atoms with E-state index in [0.29, 0.717) is 25.7 Å². The van der Waals surface area contributed by atoms with Crippen molar-refractivity contribution in [1.82, 2.24) is 0 Å². The fourth-order valence-electron chi connectivity index (χ4n) is 1.78. The summed E-state index contributed by atoms with van der Waals surface area (Å²) >= 11 is 3.49. The monoisotopic (exact) mass is 330 g/mol. The van der Waals surface area contributed by atoms with Crippen molar-refractivity contribution in [3.63, 3.8) is 0 Å². The zero-order valence-electron chi connectivity index (χ0n) is 12.1. The molecular formula is C15H23BrO3. The SMILES string of the molecule is CCOC(COc1ccc(Br)cc1C(C)C)OCC. The molecule has 19 heavy (non-hydrogen) atoms. The first-order valence-corrected chi connectivity index (χ1v) is 7.53. The van der Waals surface area contributed by atoms with Gasteiger partial charge in [-0.3, -0.25) is 0 Å². The van der Waals surface area contributed by atoms with Gasteiger partial charge in [-0.2, -0.15) is 0 Å². The highest BCUT2D eigenvalue weighted by Gasteiger charge is 2.13. The minimum absolute atomic E-state index is 0.307. The van der Waals surface area contributed by atoms with Crippen LogP contribution in [0.25, 0.3) is 0 Å². The molecule has 1 aromatic carbocycles. The Morgan fingerprint density at radius 1 is 1.11 bits per heavy atom. The molecule has 1 aromatic rings. The number of benzene rings is 1. The van der Waals surface area contributed by atoms with Crippen LogP contribution in [-0.2, 0) is 9.47 Å². The minimum Gasteiger partial charge on any atom is -0.488 e. The average molecular weight is 331 g/mol. The number of hydrogen-bond donors (Lipinski definition) is 0. The Morgan fingerprint density at radius 2 is 1.74 bits per heavy atom. The Balaban J connectivity index is 2.70. The summed E-state index contributed by atoms with van der Waals surface area (Å²) < 4.78 is 17.9. The van der Waals surface area contributed by atoms with Crippen molar-refractivity contribution >= 4 is 15.9 Å². The van der Waals surface area contributed by atoms with Crippen LogP contribution in [0.1, 0.15) is 39.2 Å². The molecule has 0 heterocycles. The Morgan fingerprint density at radius 3 is 2.26 bits per heavy atom. The molecule has 0 amide bonds. The Labute approximate surface area is 124 Å². The third kappa shape index (κ3) is 5.51. The van der Waals surface area contributed by atoms with Crippen molar-refractivity contribution in [3.8, 4) is 5.75 Å². The highest BCUT2D eigenvalue weighted by molar-refractivity contribution is 9.10. The van der Waals surface area contributed by atoms with Crippen LogP contribution in [0.4, 0.5) is 0 Å². The molecule has 4 heteroatoms. The lowest BCUT2D eigenvalue weighted by atomic mass is 10.0. The van der Waals surface area contributed by atoms with Gasteiger partial charge in [0.15, 0.2) is 6.29 Å². The first-order valence-electron chi connectivity index (χ1n) is 6.73. The third-order valence-corrected chi connectivity index (χ3v) is 3.17. The predicted molar refractivity (Wildman–Crippen MR) is 80.8 cm³/mol.